The maximum absolute atomic E-state index is 13.8. The molecule has 2 aliphatic rings. The number of ether oxygens (including phenoxy) is 1. The Morgan fingerprint density at radius 2 is 1.85 bits per heavy atom. The van der Waals surface area contributed by atoms with E-state index >= 15 is 0 Å². The summed E-state index contributed by atoms with van der Waals surface area (Å²) in [5.74, 6) is -0.113. The van der Waals surface area contributed by atoms with Crippen LogP contribution < -0.4 is 20.3 Å². The van der Waals surface area contributed by atoms with Gasteiger partial charge in [0.2, 0.25) is 5.91 Å². The van der Waals surface area contributed by atoms with E-state index in [4.69, 9.17) is 40.2 Å². The van der Waals surface area contributed by atoms with Gasteiger partial charge >= 0.3 is 0 Å². The third kappa shape index (κ3) is 3.82. The van der Waals surface area contributed by atoms with Crippen molar-refractivity contribution in [3.8, 4) is 5.75 Å². The zero-order valence-corrected chi connectivity index (χ0v) is 20.3. The van der Waals surface area contributed by atoms with Crippen molar-refractivity contribution in [3.63, 3.8) is 0 Å². The fourth-order valence-electron chi connectivity index (χ4n) is 4.66. The number of halogens is 2. The SMILES string of the molecule is Cc1ccc2c(c1)[C@H]1NC(=S)N(c3cccc(Cl)c3)[C@@](C)(O2)[C@H]1C(=O)Nc1ccc(Cl)cc1. The van der Waals surface area contributed by atoms with Crippen molar-refractivity contribution in [1.82, 2.24) is 5.32 Å². The van der Waals surface area contributed by atoms with Gasteiger partial charge in [0.25, 0.3) is 0 Å². The van der Waals surface area contributed by atoms with Crippen LogP contribution in [0.5, 0.6) is 5.75 Å². The van der Waals surface area contributed by atoms with E-state index in [9.17, 15) is 4.79 Å². The van der Waals surface area contributed by atoms with Gasteiger partial charge in [-0.15, -0.1) is 0 Å². The van der Waals surface area contributed by atoms with Gasteiger partial charge in [0.1, 0.15) is 11.7 Å². The van der Waals surface area contributed by atoms with Crippen LogP contribution in [-0.2, 0) is 4.79 Å². The van der Waals surface area contributed by atoms with Gasteiger partial charge in [-0.3, -0.25) is 9.69 Å². The number of thiocarbonyl (C=S) groups is 1. The molecule has 2 aliphatic heterocycles. The Hall–Kier alpha value is -2.80. The monoisotopic (exact) mass is 497 g/mol. The molecule has 0 aromatic heterocycles. The van der Waals surface area contributed by atoms with E-state index in [1.165, 1.54) is 0 Å². The van der Waals surface area contributed by atoms with Crippen LogP contribution in [0, 0.1) is 12.8 Å². The number of anilines is 2. The first-order valence-corrected chi connectivity index (χ1v) is 11.6. The highest BCUT2D eigenvalue weighted by atomic mass is 35.5. The highest BCUT2D eigenvalue weighted by Gasteiger charge is 2.59. The normalized spacial score (nSPS) is 23.3. The zero-order chi connectivity index (χ0) is 23.3. The van der Waals surface area contributed by atoms with E-state index in [0.29, 0.717) is 26.6 Å². The summed E-state index contributed by atoms with van der Waals surface area (Å²) in [7, 11) is 0. The Morgan fingerprint density at radius 1 is 1.09 bits per heavy atom. The molecule has 2 N–H and O–H groups in total. The first-order valence-electron chi connectivity index (χ1n) is 10.5. The average molecular weight is 498 g/mol. The fourth-order valence-corrected chi connectivity index (χ4v) is 5.38. The van der Waals surface area contributed by atoms with Gasteiger partial charge in [-0.25, -0.2) is 0 Å². The number of carbonyl (C=O) groups is 1. The smallest absolute Gasteiger partial charge is 0.236 e. The third-order valence-electron chi connectivity index (χ3n) is 6.11. The molecule has 0 radical (unpaired) electrons. The number of hydrogen-bond acceptors (Lipinski definition) is 3. The quantitative estimate of drug-likeness (QED) is 0.428. The number of fused-ring (bicyclic) bond motifs is 4. The highest BCUT2D eigenvalue weighted by molar-refractivity contribution is 7.80. The van der Waals surface area contributed by atoms with Crippen molar-refractivity contribution in [3.05, 3.63) is 87.9 Å². The summed E-state index contributed by atoms with van der Waals surface area (Å²) in [6, 6.07) is 20.0. The van der Waals surface area contributed by atoms with Gasteiger partial charge < -0.3 is 15.4 Å². The number of benzene rings is 3. The second-order valence-corrected chi connectivity index (χ2v) is 9.67. The molecule has 1 saturated heterocycles. The summed E-state index contributed by atoms with van der Waals surface area (Å²) in [4.78, 5) is 15.6. The maximum atomic E-state index is 13.8. The number of amides is 1. The topological polar surface area (TPSA) is 53.6 Å². The first kappa shape index (κ1) is 22.0. The number of nitrogens with zero attached hydrogens (tertiary/aromatic N) is 1. The van der Waals surface area contributed by atoms with Crippen molar-refractivity contribution in [2.45, 2.75) is 25.6 Å². The Morgan fingerprint density at radius 3 is 2.58 bits per heavy atom. The average Bonchev–Trinajstić information content (AvgIpc) is 2.75. The lowest BCUT2D eigenvalue weighted by molar-refractivity contribution is -0.130. The van der Waals surface area contributed by atoms with E-state index in [0.717, 1.165) is 16.8 Å². The lowest BCUT2D eigenvalue weighted by Gasteiger charge is -2.56. The molecule has 0 aliphatic carbocycles. The predicted molar refractivity (Wildman–Crippen MR) is 136 cm³/mol. The molecule has 8 heteroatoms. The van der Waals surface area contributed by atoms with Crippen LogP contribution >= 0.6 is 35.4 Å². The third-order valence-corrected chi connectivity index (χ3v) is 6.90. The highest BCUT2D eigenvalue weighted by Crippen LogP contribution is 2.50. The fraction of sp³-hybridized carbons (Fsp3) is 0.200. The van der Waals surface area contributed by atoms with Crippen molar-refractivity contribution < 1.29 is 9.53 Å². The van der Waals surface area contributed by atoms with Crippen LogP contribution in [0.15, 0.2) is 66.7 Å². The number of hydrogen-bond donors (Lipinski definition) is 2. The van der Waals surface area contributed by atoms with E-state index < -0.39 is 11.6 Å². The molecular weight excluding hydrogens is 477 g/mol. The molecule has 3 atom stereocenters. The summed E-state index contributed by atoms with van der Waals surface area (Å²) in [6.45, 7) is 3.90. The molecule has 1 amide bonds. The van der Waals surface area contributed by atoms with Crippen molar-refractivity contribution in [1.29, 1.82) is 0 Å². The Bertz CT molecular complexity index is 1270. The molecule has 168 valence electrons. The lowest BCUT2D eigenvalue weighted by Crippen LogP contribution is -2.72. The zero-order valence-electron chi connectivity index (χ0n) is 17.9. The predicted octanol–water partition coefficient (Wildman–Crippen LogP) is 6.10. The molecule has 3 aromatic carbocycles. The molecule has 3 aromatic rings. The minimum atomic E-state index is -1.10. The maximum Gasteiger partial charge on any atom is 0.236 e. The number of aryl methyl sites for hydroxylation is 1. The largest absolute Gasteiger partial charge is 0.467 e. The van der Waals surface area contributed by atoms with Crippen LogP contribution in [-0.4, -0.2) is 16.7 Å². The van der Waals surface area contributed by atoms with Crippen LogP contribution in [0.3, 0.4) is 0 Å². The van der Waals surface area contributed by atoms with E-state index in [1.54, 1.807) is 30.3 Å². The molecule has 0 saturated carbocycles. The van der Waals surface area contributed by atoms with E-state index in [2.05, 4.69) is 10.6 Å². The Kier molecular flexibility index (Phi) is 5.47. The minimum Gasteiger partial charge on any atom is -0.467 e. The molecule has 33 heavy (non-hydrogen) atoms. The van der Waals surface area contributed by atoms with Gasteiger partial charge in [0.05, 0.1) is 6.04 Å². The summed E-state index contributed by atoms with van der Waals surface area (Å²) >= 11 is 18.1. The van der Waals surface area contributed by atoms with Gasteiger partial charge in [-0.1, -0.05) is 47.0 Å². The van der Waals surface area contributed by atoms with Crippen LogP contribution in [0.4, 0.5) is 11.4 Å². The van der Waals surface area contributed by atoms with Crippen molar-refractivity contribution >= 4 is 57.8 Å². The second kappa shape index (κ2) is 8.20. The number of nitrogens with one attached hydrogen (secondary N) is 2. The molecule has 5 nitrogen and oxygen atoms in total. The minimum absolute atomic E-state index is 0.195. The first-order chi connectivity index (χ1) is 15.8. The summed E-state index contributed by atoms with van der Waals surface area (Å²) in [5, 5.41) is 8.05. The molecule has 0 unspecified atom stereocenters. The number of carbonyl (C=O) groups excluding carboxylic acids is 1. The molecule has 2 heterocycles. The standard InChI is InChI=1S/C25H21Cl2N3O2S/c1-14-6-11-20-19(12-14)22-21(23(31)28-17-9-7-15(26)8-10-17)25(2,32-20)30(24(33)29-22)18-5-3-4-16(27)13-18/h3-13,21-22H,1-2H3,(H,28,31)(H,29,33)/t21-,22-,25+/m1/s1. The van der Waals surface area contributed by atoms with Crippen LogP contribution in [0.1, 0.15) is 24.1 Å². The Balaban J connectivity index is 1.63. The molecule has 0 spiro atoms. The summed E-state index contributed by atoms with van der Waals surface area (Å²) in [6.07, 6.45) is 0. The van der Waals surface area contributed by atoms with Gasteiger partial charge in [0, 0.05) is 27.0 Å². The summed E-state index contributed by atoms with van der Waals surface area (Å²) in [5.41, 5.74) is 2.26. The lowest BCUT2D eigenvalue weighted by atomic mass is 9.78. The molecular formula is C25H21Cl2N3O2S. The number of rotatable bonds is 3. The van der Waals surface area contributed by atoms with Gasteiger partial charge in [-0.2, -0.15) is 0 Å². The van der Waals surface area contributed by atoms with Crippen molar-refractivity contribution in [2.24, 2.45) is 5.92 Å². The van der Waals surface area contributed by atoms with Crippen LogP contribution in [0.2, 0.25) is 10.0 Å². The summed E-state index contributed by atoms with van der Waals surface area (Å²) < 4.78 is 6.59. The molecule has 2 bridgehead atoms. The van der Waals surface area contributed by atoms with Gasteiger partial charge in [0.15, 0.2) is 10.8 Å². The van der Waals surface area contributed by atoms with Gasteiger partial charge in [-0.05, 0) is 74.6 Å². The van der Waals surface area contributed by atoms with Crippen molar-refractivity contribution in [2.75, 3.05) is 10.2 Å². The van der Waals surface area contributed by atoms with E-state index in [-0.39, 0.29) is 11.9 Å². The molecule has 5 rings (SSSR count). The van der Waals surface area contributed by atoms with E-state index in [1.807, 2.05) is 55.1 Å². The second-order valence-electron chi connectivity index (χ2n) is 8.41. The molecule has 1 fully saturated rings. The Labute approximate surface area is 207 Å². The van der Waals surface area contributed by atoms with Crippen LogP contribution in [0.25, 0.3) is 0 Å².